The number of benzene rings is 2. The van der Waals surface area contributed by atoms with Crippen molar-refractivity contribution in [3.63, 3.8) is 0 Å². The number of hydrogen-bond acceptors (Lipinski definition) is 4. The number of anilines is 1. The number of hydrazone groups is 1. The third kappa shape index (κ3) is 9.65. The minimum atomic E-state index is -4.49. The van der Waals surface area contributed by atoms with Gasteiger partial charge in [-0.2, -0.15) is 31.6 Å². The second kappa shape index (κ2) is 13.6. The summed E-state index contributed by atoms with van der Waals surface area (Å²) in [5.41, 5.74) is 0.849. The second-order valence-corrected chi connectivity index (χ2v) is 7.59. The first-order valence-corrected chi connectivity index (χ1v) is 11.2. The van der Waals surface area contributed by atoms with Gasteiger partial charge in [-0.25, -0.2) is 0 Å². The van der Waals surface area contributed by atoms with Gasteiger partial charge < -0.3 is 4.48 Å². The molecule has 0 aliphatic heterocycles. The van der Waals surface area contributed by atoms with Crippen molar-refractivity contribution in [1.82, 2.24) is 0 Å². The van der Waals surface area contributed by atoms with E-state index in [0.29, 0.717) is 0 Å². The highest BCUT2D eigenvalue weighted by Gasteiger charge is 2.30. The van der Waals surface area contributed by atoms with E-state index >= 15 is 0 Å². The summed E-state index contributed by atoms with van der Waals surface area (Å²) in [4.78, 5) is 0. The Kier molecular flexibility index (Phi) is 11.5. The summed E-state index contributed by atoms with van der Waals surface area (Å²) in [6.45, 7) is 14.2. The number of quaternary nitrogens is 1. The SMILES string of the molecule is CC[N+](CC)(CC)CC.N#CC(/N=N/c1ccc(C(F)(F)F)cc1)=N\Nc1ccc(C(F)(F)F)cc1. The van der Waals surface area contributed by atoms with Crippen molar-refractivity contribution in [3.8, 4) is 6.07 Å². The highest BCUT2D eigenvalue weighted by molar-refractivity contribution is 5.97. The number of hydrogen-bond donors (Lipinski definition) is 1. The Morgan fingerprint density at radius 3 is 1.53 bits per heavy atom. The van der Waals surface area contributed by atoms with Gasteiger partial charge in [0.15, 0.2) is 0 Å². The zero-order valence-electron chi connectivity index (χ0n) is 20.5. The summed E-state index contributed by atoms with van der Waals surface area (Å²) in [5.74, 6) is -0.477. The summed E-state index contributed by atoms with van der Waals surface area (Å²) in [6.07, 6.45) is -8.96. The Morgan fingerprint density at radius 2 is 1.19 bits per heavy atom. The van der Waals surface area contributed by atoms with E-state index in [4.69, 9.17) is 5.26 Å². The fraction of sp³-hybridized carbons (Fsp3) is 0.417. The molecule has 0 saturated carbocycles. The molecule has 12 heteroatoms. The molecule has 0 fully saturated rings. The molecule has 6 nitrogen and oxygen atoms in total. The Bertz CT molecular complexity index is 1010. The largest absolute Gasteiger partial charge is 0.416 e. The molecule has 0 radical (unpaired) electrons. The van der Waals surface area contributed by atoms with Crippen LogP contribution >= 0.6 is 0 Å². The van der Waals surface area contributed by atoms with Crippen molar-refractivity contribution in [2.24, 2.45) is 15.3 Å². The minimum Gasteiger partial charge on any atom is -0.325 e. The van der Waals surface area contributed by atoms with Crippen LogP contribution in [-0.2, 0) is 12.4 Å². The van der Waals surface area contributed by atoms with Crippen LogP contribution in [0.4, 0.5) is 37.7 Å². The van der Waals surface area contributed by atoms with Gasteiger partial charge in [-0.3, -0.25) is 5.43 Å². The van der Waals surface area contributed by atoms with E-state index in [1.54, 1.807) is 6.07 Å². The first-order valence-electron chi connectivity index (χ1n) is 11.2. The van der Waals surface area contributed by atoms with Crippen LogP contribution < -0.4 is 5.43 Å². The van der Waals surface area contributed by atoms with Crippen molar-refractivity contribution < 1.29 is 30.8 Å². The van der Waals surface area contributed by atoms with Gasteiger partial charge in [-0.05, 0) is 76.2 Å². The average molecular weight is 516 g/mol. The third-order valence-corrected chi connectivity index (χ3v) is 5.74. The number of nitrogens with zero attached hydrogens (tertiary/aromatic N) is 5. The lowest BCUT2D eigenvalue weighted by atomic mass is 10.2. The van der Waals surface area contributed by atoms with Gasteiger partial charge in [-0.15, -0.1) is 15.3 Å². The molecule has 0 saturated heterocycles. The highest BCUT2D eigenvalue weighted by Crippen LogP contribution is 2.31. The van der Waals surface area contributed by atoms with Crippen LogP contribution in [0.5, 0.6) is 0 Å². The van der Waals surface area contributed by atoms with Gasteiger partial charge in [0.05, 0.1) is 48.7 Å². The molecule has 0 aliphatic carbocycles. The summed E-state index contributed by atoms with van der Waals surface area (Å²) in [6, 6.07) is 9.17. The van der Waals surface area contributed by atoms with E-state index in [1.165, 1.54) is 30.7 Å². The van der Waals surface area contributed by atoms with Crippen LogP contribution in [0.1, 0.15) is 38.8 Å². The summed E-state index contributed by atoms with van der Waals surface area (Å²) in [5, 5.41) is 19.5. The number of halogens is 6. The van der Waals surface area contributed by atoms with E-state index in [2.05, 4.69) is 48.5 Å². The van der Waals surface area contributed by atoms with Crippen molar-refractivity contribution in [2.75, 3.05) is 31.6 Å². The van der Waals surface area contributed by atoms with E-state index < -0.39 is 29.3 Å². The molecule has 2 rings (SSSR count). The van der Waals surface area contributed by atoms with Crippen molar-refractivity contribution in [2.45, 2.75) is 40.0 Å². The molecule has 0 aliphatic rings. The number of azo groups is 1. The van der Waals surface area contributed by atoms with Gasteiger partial charge >= 0.3 is 12.4 Å². The molecule has 0 bridgehead atoms. The third-order valence-electron chi connectivity index (χ3n) is 5.74. The Labute approximate surface area is 206 Å². The number of rotatable bonds is 7. The zero-order chi connectivity index (χ0) is 27.4. The normalized spacial score (nSPS) is 12.6. The van der Waals surface area contributed by atoms with Crippen LogP contribution in [0.15, 0.2) is 63.9 Å². The van der Waals surface area contributed by atoms with Gasteiger partial charge in [0.2, 0.25) is 0 Å². The molecule has 1 N–H and O–H groups in total. The molecule has 0 heterocycles. The first-order chi connectivity index (χ1) is 16.8. The Balaban J connectivity index is 0.000000613. The molecule has 2 aromatic rings. The number of alkyl halides is 6. The zero-order valence-corrected chi connectivity index (χ0v) is 20.5. The van der Waals surface area contributed by atoms with E-state index in [0.717, 1.165) is 48.5 Å². The van der Waals surface area contributed by atoms with Gasteiger partial charge in [0.25, 0.3) is 5.84 Å². The first kappa shape index (κ1) is 30.6. The molecule has 0 atom stereocenters. The topological polar surface area (TPSA) is 72.9 Å². The van der Waals surface area contributed by atoms with Gasteiger partial charge in [0, 0.05) is 0 Å². The maximum Gasteiger partial charge on any atom is 0.416 e. The quantitative estimate of drug-likeness (QED) is 0.103. The van der Waals surface area contributed by atoms with E-state index in [9.17, 15) is 26.3 Å². The van der Waals surface area contributed by atoms with Gasteiger partial charge in [0.1, 0.15) is 6.07 Å². The van der Waals surface area contributed by atoms with Crippen LogP contribution in [0.25, 0.3) is 0 Å². The van der Waals surface area contributed by atoms with Gasteiger partial charge in [-0.1, -0.05) is 0 Å². The smallest absolute Gasteiger partial charge is 0.325 e. The van der Waals surface area contributed by atoms with Crippen molar-refractivity contribution in [3.05, 3.63) is 59.7 Å². The highest BCUT2D eigenvalue weighted by atomic mass is 19.4. The molecule has 0 amide bonds. The second-order valence-electron chi connectivity index (χ2n) is 7.59. The van der Waals surface area contributed by atoms with Crippen LogP contribution in [-0.4, -0.2) is 36.5 Å². The fourth-order valence-corrected chi connectivity index (χ4v) is 3.08. The predicted molar refractivity (Wildman–Crippen MR) is 126 cm³/mol. The average Bonchev–Trinajstić information content (AvgIpc) is 2.86. The molecule has 36 heavy (non-hydrogen) atoms. The molecule has 0 spiro atoms. The standard InChI is InChI=1S/C16H9F6N5.C8H20N/c17-15(18,19)10-1-5-12(6-2-10)24-26-14(9-23)27-25-13-7-3-11(4-8-13)16(20,21)22;1-5-9(6-2,7-3)8-4/h1-8,24H;5-8H2,1-4H3/q;+1/b26-14+,27-25+;. The van der Waals surface area contributed by atoms with Crippen LogP contribution in [0.2, 0.25) is 0 Å². The molecule has 196 valence electrons. The summed E-state index contributed by atoms with van der Waals surface area (Å²) >= 11 is 0. The maximum absolute atomic E-state index is 12.5. The lowest BCUT2D eigenvalue weighted by Crippen LogP contribution is -2.47. The summed E-state index contributed by atoms with van der Waals surface area (Å²) < 4.78 is 76.0. The molecule has 0 aromatic heterocycles. The van der Waals surface area contributed by atoms with Crippen molar-refractivity contribution >= 4 is 17.2 Å². The van der Waals surface area contributed by atoms with Crippen LogP contribution in [0.3, 0.4) is 0 Å². The predicted octanol–water partition coefficient (Wildman–Crippen LogP) is 7.64. The number of nitrogens with one attached hydrogen (secondary N) is 1. The molecular formula is C24H29F6N6+. The van der Waals surface area contributed by atoms with E-state index in [1.807, 2.05) is 0 Å². The number of nitriles is 1. The number of amidine groups is 1. The molecule has 2 aromatic carbocycles. The maximum atomic E-state index is 12.5. The molecular weight excluding hydrogens is 486 g/mol. The fourth-order valence-electron chi connectivity index (χ4n) is 3.08. The Hall–Kier alpha value is -3.46. The van der Waals surface area contributed by atoms with E-state index in [-0.39, 0.29) is 11.4 Å². The lowest BCUT2D eigenvalue weighted by Gasteiger charge is -2.34. The Morgan fingerprint density at radius 1 is 0.778 bits per heavy atom. The van der Waals surface area contributed by atoms with Crippen LogP contribution in [0, 0.1) is 11.3 Å². The monoisotopic (exact) mass is 515 g/mol. The lowest BCUT2D eigenvalue weighted by molar-refractivity contribution is -0.921. The minimum absolute atomic E-state index is 0.0560. The van der Waals surface area contributed by atoms with Crippen molar-refractivity contribution in [1.29, 1.82) is 5.26 Å². The molecule has 0 unspecified atom stereocenters. The summed E-state index contributed by atoms with van der Waals surface area (Å²) in [7, 11) is 0.